The van der Waals surface area contributed by atoms with Gasteiger partial charge in [0.05, 0.1) is 6.54 Å². The molecule has 0 aliphatic carbocycles. The van der Waals surface area contributed by atoms with E-state index in [-0.39, 0.29) is 5.91 Å². The molecule has 2 unspecified atom stereocenters. The molecule has 6 heteroatoms. The molecular formula is C19H24N4O2. The van der Waals surface area contributed by atoms with Crippen LogP contribution in [0.25, 0.3) is 11.5 Å². The summed E-state index contributed by atoms with van der Waals surface area (Å²) in [7, 11) is 0. The first-order chi connectivity index (χ1) is 12.2. The van der Waals surface area contributed by atoms with Gasteiger partial charge in [0.15, 0.2) is 0 Å². The van der Waals surface area contributed by atoms with Crippen LogP contribution >= 0.6 is 0 Å². The SMILES string of the molecule is CC(=O)N1CCCC1C1CCCN1Cc1nnc(-c2ccccc2)o1. The molecule has 2 saturated heterocycles. The Balaban J connectivity index is 1.47. The van der Waals surface area contributed by atoms with Crippen LogP contribution in [0.4, 0.5) is 0 Å². The minimum absolute atomic E-state index is 0.193. The highest BCUT2D eigenvalue weighted by Gasteiger charge is 2.39. The third-order valence-corrected chi connectivity index (χ3v) is 5.39. The molecule has 4 rings (SSSR count). The summed E-state index contributed by atoms with van der Waals surface area (Å²) in [5, 5.41) is 8.42. The van der Waals surface area contributed by atoms with Gasteiger partial charge < -0.3 is 9.32 Å². The molecule has 1 amide bonds. The third kappa shape index (κ3) is 3.31. The van der Waals surface area contributed by atoms with Crippen LogP contribution in [0.3, 0.4) is 0 Å². The molecule has 2 aliphatic rings. The van der Waals surface area contributed by atoms with Gasteiger partial charge in [-0.25, -0.2) is 0 Å². The van der Waals surface area contributed by atoms with Crippen molar-refractivity contribution in [2.45, 2.75) is 51.2 Å². The van der Waals surface area contributed by atoms with Crippen molar-refractivity contribution in [1.29, 1.82) is 0 Å². The quantitative estimate of drug-likeness (QED) is 0.856. The number of nitrogens with zero attached hydrogens (tertiary/aromatic N) is 4. The number of hydrogen-bond donors (Lipinski definition) is 0. The molecule has 6 nitrogen and oxygen atoms in total. The zero-order valence-electron chi connectivity index (χ0n) is 14.6. The van der Waals surface area contributed by atoms with E-state index in [0.717, 1.165) is 44.3 Å². The minimum Gasteiger partial charge on any atom is -0.419 e. The summed E-state index contributed by atoms with van der Waals surface area (Å²) >= 11 is 0. The fraction of sp³-hybridized carbons (Fsp3) is 0.526. The lowest BCUT2D eigenvalue weighted by Crippen LogP contribution is -2.47. The molecule has 1 aromatic carbocycles. The number of amides is 1. The van der Waals surface area contributed by atoms with E-state index in [0.29, 0.717) is 30.4 Å². The maximum absolute atomic E-state index is 11.9. The standard InChI is InChI=1S/C19H24N4O2/c1-14(24)23-12-6-10-17(23)16-9-5-11-22(16)13-18-20-21-19(25-18)15-7-3-2-4-8-15/h2-4,7-8,16-17H,5-6,9-13H2,1H3. The van der Waals surface area contributed by atoms with Crippen molar-refractivity contribution in [3.8, 4) is 11.5 Å². The Hall–Kier alpha value is -2.21. The van der Waals surface area contributed by atoms with Gasteiger partial charge in [0.2, 0.25) is 17.7 Å². The van der Waals surface area contributed by atoms with Crippen molar-refractivity contribution < 1.29 is 9.21 Å². The number of aromatic nitrogens is 2. The first-order valence-electron chi connectivity index (χ1n) is 9.11. The Morgan fingerprint density at radius 2 is 1.88 bits per heavy atom. The lowest BCUT2D eigenvalue weighted by atomic mass is 10.0. The van der Waals surface area contributed by atoms with Crippen molar-refractivity contribution in [1.82, 2.24) is 20.0 Å². The molecule has 0 bridgehead atoms. The second kappa shape index (κ2) is 6.96. The Labute approximate surface area is 147 Å². The molecule has 2 aromatic rings. The van der Waals surface area contributed by atoms with Crippen LogP contribution in [-0.4, -0.2) is 51.1 Å². The van der Waals surface area contributed by atoms with E-state index in [1.165, 1.54) is 0 Å². The Morgan fingerprint density at radius 1 is 1.12 bits per heavy atom. The summed E-state index contributed by atoms with van der Waals surface area (Å²) in [6, 6.07) is 10.6. The van der Waals surface area contributed by atoms with Gasteiger partial charge in [-0.15, -0.1) is 10.2 Å². The first kappa shape index (κ1) is 16.3. The van der Waals surface area contributed by atoms with E-state index in [4.69, 9.17) is 4.42 Å². The summed E-state index contributed by atoms with van der Waals surface area (Å²) in [5.41, 5.74) is 0.942. The molecular weight excluding hydrogens is 316 g/mol. The van der Waals surface area contributed by atoms with E-state index in [1.807, 2.05) is 35.2 Å². The molecule has 1 aromatic heterocycles. The van der Waals surface area contributed by atoms with Crippen LogP contribution in [0.15, 0.2) is 34.7 Å². The van der Waals surface area contributed by atoms with Crippen molar-refractivity contribution >= 4 is 5.91 Å². The minimum atomic E-state index is 0.193. The molecule has 3 heterocycles. The van der Waals surface area contributed by atoms with Crippen molar-refractivity contribution in [3.05, 3.63) is 36.2 Å². The van der Waals surface area contributed by atoms with Crippen LogP contribution < -0.4 is 0 Å². The molecule has 0 N–H and O–H groups in total. The zero-order valence-corrected chi connectivity index (χ0v) is 14.6. The summed E-state index contributed by atoms with van der Waals surface area (Å²) in [6.07, 6.45) is 4.49. The second-order valence-corrected chi connectivity index (χ2v) is 6.97. The highest BCUT2D eigenvalue weighted by molar-refractivity contribution is 5.74. The monoisotopic (exact) mass is 340 g/mol. The normalized spacial score (nSPS) is 24.1. The van der Waals surface area contributed by atoms with Gasteiger partial charge >= 0.3 is 0 Å². The van der Waals surface area contributed by atoms with E-state index in [9.17, 15) is 4.79 Å². The van der Waals surface area contributed by atoms with Gasteiger partial charge in [-0.2, -0.15) is 0 Å². The average molecular weight is 340 g/mol. The summed E-state index contributed by atoms with van der Waals surface area (Å²) < 4.78 is 5.87. The lowest BCUT2D eigenvalue weighted by molar-refractivity contribution is -0.130. The zero-order chi connectivity index (χ0) is 17.2. The number of carbonyl (C=O) groups is 1. The number of likely N-dealkylation sites (tertiary alicyclic amines) is 2. The van der Waals surface area contributed by atoms with Gasteiger partial charge in [-0.3, -0.25) is 9.69 Å². The second-order valence-electron chi connectivity index (χ2n) is 6.97. The molecule has 25 heavy (non-hydrogen) atoms. The maximum Gasteiger partial charge on any atom is 0.247 e. The van der Waals surface area contributed by atoms with Gasteiger partial charge in [-0.05, 0) is 44.4 Å². The van der Waals surface area contributed by atoms with E-state index < -0.39 is 0 Å². The highest BCUT2D eigenvalue weighted by atomic mass is 16.4. The lowest BCUT2D eigenvalue weighted by Gasteiger charge is -2.34. The molecule has 0 saturated carbocycles. The van der Waals surface area contributed by atoms with Crippen molar-refractivity contribution in [3.63, 3.8) is 0 Å². The molecule has 132 valence electrons. The molecule has 2 atom stereocenters. The molecule has 0 spiro atoms. The van der Waals surface area contributed by atoms with Gasteiger partial charge in [0.25, 0.3) is 0 Å². The summed E-state index contributed by atoms with van der Waals surface area (Å²) in [6.45, 7) is 4.26. The predicted octanol–water partition coefficient (Wildman–Crippen LogP) is 2.71. The van der Waals surface area contributed by atoms with E-state index >= 15 is 0 Å². The van der Waals surface area contributed by atoms with Gasteiger partial charge in [0.1, 0.15) is 0 Å². The number of benzene rings is 1. The Bertz CT molecular complexity index is 730. The molecule has 0 radical (unpaired) electrons. The number of hydrogen-bond acceptors (Lipinski definition) is 5. The van der Waals surface area contributed by atoms with Crippen LogP contribution in [0.1, 0.15) is 38.5 Å². The number of rotatable bonds is 4. The Kier molecular flexibility index (Phi) is 4.53. The van der Waals surface area contributed by atoms with Crippen LogP contribution in [0.5, 0.6) is 0 Å². The molecule has 2 aliphatic heterocycles. The van der Waals surface area contributed by atoms with Gasteiger partial charge in [0, 0.05) is 31.1 Å². The van der Waals surface area contributed by atoms with E-state index in [1.54, 1.807) is 6.92 Å². The largest absolute Gasteiger partial charge is 0.419 e. The Morgan fingerprint density at radius 3 is 2.68 bits per heavy atom. The average Bonchev–Trinajstić information content (AvgIpc) is 3.36. The summed E-state index contributed by atoms with van der Waals surface area (Å²) in [5.74, 6) is 1.41. The molecule has 2 fully saturated rings. The van der Waals surface area contributed by atoms with Crippen LogP contribution in [0.2, 0.25) is 0 Å². The highest BCUT2D eigenvalue weighted by Crippen LogP contribution is 2.31. The maximum atomic E-state index is 11.9. The van der Waals surface area contributed by atoms with E-state index in [2.05, 4.69) is 15.1 Å². The topological polar surface area (TPSA) is 62.5 Å². The smallest absolute Gasteiger partial charge is 0.247 e. The predicted molar refractivity (Wildman–Crippen MR) is 93.6 cm³/mol. The first-order valence-corrected chi connectivity index (χ1v) is 9.11. The number of carbonyl (C=O) groups excluding carboxylic acids is 1. The summed E-state index contributed by atoms with van der Waals surface area (Å²) in [4.78, 5) is 16.4. The van der Waals surface area contributed by atoms with Crippen molar-refractivity contribution in [2.24, 2.45) is 0 Å². The van der Waals surface area contributed by atoms with Crippen LogP contribution in [0, 0.1) is 0 Å². The fourth-order valence-corrected chi connectivity index (χ4v) is 4.26. The van der Waals surface area contributed by atoms with Crippen molar-refractivity contribution in [2.75, 3.05) is 13.1 Å². The third-order valence-electron chi connectivity index (χ3n) is 5.39. The fourth-order valence-electron chi connectivity index (χ4n) is 4.26. The van der Waals surface area contributed by atoms with Crippen LogP contribution in [-0.2, 0) is 11.3 Å². The van der Waals surface area contributed by atoms with Gasteiger partial charge in [-0.1, -0.05) is 18.2 Å².